The average Bonchev–Trinajstić information content (AvgIpc) is 3.04. The van der Waals surface area contributed by atoms with Crippen molar-refractivity contribution in [1.29, 1.82) is 0 Å². The van der Waals surface area contributed by atoms with Gasteiger partial charge in [0.1, 0.15) is 6.33 Å². The zero-order valence-electron chi connectivity index (χ0n) is 12.7. The second kappa shape index (κ2) is 6.17. The van der Waals surface area contributed by atoms with Crippen LogP contribution in [-0.4, -0.2) is 33.3 Å². The second-order valence-corrected chi connectivity index (χ2v) is 5.72. The molecule has 3 rings (SSSR count). The Kier molecular flexibility index (Phi) is 4.09. The van der Waals surface area contributed by atoms with Crippen LogP contribution in [0.3, 0.4) is 0 Å². The third-order valence-corrected chi connectivity index (χ3v) is 4.41. The lowest BCUT2D eigenvalue weighted by atomic mass is 9.89. The number of carbonyl (C=O) groups excluding carboxylic acids is 1. The van der Waals surface area contributed by atoms with Gasteiger partial charge in [-0.05, 0) is 31.4 Å². The minimum Gasteiger partial charge on any atom is -0.369 e. The number of piperidine rings is 1. The van der Waals surface area contributed by atoms with Crippen molar-refractivity contribution in [3.8, 4) is 5.69 Å². The van der Waals surface area contributed by atoms with E-state index in [2.05, 4.69) is 22.0 Å². The van der Waals surface area contributed by atoms with Gasteiger partial charge < -0.3 is 10.6 Å². The van der Waals surface area contributed by atoms with Crippen molar-refractivity contribution in [3.63, 3.8) is 0 Å². The highest BCUT2D eigenvalue weighted by atomic mass is 16.1. The predicted molar refractivity (Wildman–Crippen MR) is 84.7 cm³/mol. The second-order valence-electron chi connectivity index (χ2n) is 5.72. The molecule has 6 nitrogen and oxygen atoms in total. The van der Waals surface area contributed by atoms with Crippen molar-refractivity contribution in [1.82, 2.24) is 14.8 Å². The molecule has 2 atom stereocenters. The lowest BCUT2D eigenvalue weighted by Crippen LogP contribution is -2.46. The van der Waals surface area contributed by atoms with Gasteiger partial charge in [0.15, 0.2) is 0 Å². The van der Waals surface area contributed by atoms with E-state index in [-0.39, 0.29) is 17.9 Å². The number of rotatable bonds is 4. The van der Waals surface area contributed by atoms with Gasteiger partial charge >= 0.3 is 0 Å². The molecule has 1 amide bonds. The molecule has 1 aromatic heterocycles. The van der Waals surface area contributed by atoms with Crippen LogP contribution in [0.25, 0.3) is 5.69 Å². The first kappa shape index (κ1) is 14.6. The maximum atomic E-state index is 11.5. The summed E-state index contributed by atoms with van der Waals surface area (Å²) in [5.41, 5.74) is 6.52. The standard InChI is InChI=1S/C16H21N5O/c1-2-13-10-12(15(17)22)8-9-20(13)16-19-18-11-21(16)14-6-4-3-5-7-14/h3-7,11-13H,2,8-10H2,1H3,(H2,17,22). The zero-order valence-corrected chi connectivity index (χ0v) is 12.7. The largest absolute Gasteiger partial charge is 0.369 e. The van der Waals surface area contributed by atoms with Gasteiger partial charge in [-0.3, -0.25) is 9.36 Å². The number of hydrogen-bond acceptors (Lipinski definition) is 4. The SMILES string of the molecule is CCC1CC(C(N)=O)CCN1c1nncn1-c1ccccc1. The molecule has 22 heavy (non-hydrogen) atoms. The minimum absolute atomic E-state index is 0.0331. The number of amides is 1. The normalized spacial score (nSPS) is 21.8. The highest BCUT2D eigenvalue weighted by molar-refractivity contribution is 5.77. The Morgan fingerprint density at radius 1 is 1.36 bits per heavy atom. The summed E-state index contributed by atoms with van der Waals surface area (Å²) in [6.07, 6.45) is 4.24. The Morgan fingerprint density at radius 3 is 2.82 bits per heavy atom. The van der Waals surface area contributed by atoms with Crippen LogP contribution in [0, 0.1) is 5.92 Å². The van der Waals surface area contributed by atoms with Gasteiger partial charge in [-0.15, -0.1) is 10.2 Å². The lowest BCUT2D eigenvalue weighted by Gasteiger charge is -2.38. The summed E-state index contributed by atoms with van der Waals surface area (Å²) >= 11 is 0. The van der Waals surface area contributed by atoms with E-state index in [1.807, 2.05) is 34.9 Å². The molecule has 0 bridgehead atoms. The number of benzene rings is 1. The molecule has 1 saturated heterocycles. The summed E-state index contributed by atoms with van der Waals surface area (Å²) in [6.45, 7) is 2.90. The van der Waals surface area contributed by atoms with Crippen LogP contribution in [0.2, 0.25) is 0 Å². The van der Waals surface area contributed by atoms with Crippen molar-refractivity contribution < 1.29 is 4.79 Å². The number of nitrogens with two attached hydrogens (primary N) is 1. The number of primary amides is 1. The lowest BCUT2D eigenvalue weighted by molar-refractivity contribution is -0.122. The first-order chi connectivity index (χ1) is 10.7. The fraction of sp³-hybridized carbons (Fsp3) is 0.438. The fourth-order valence-corrected chi connectivity index (χ4v) is 3.16. The maximum absolute atomic E-state index is 11.5. The van der Waals surface area contributed by atoms with Crippen molar-refractivity contribution in [2.24, 2.45) is 11.7 Å². The van der Waals surface area contributed by atoms with E-state index in [1.165, 1.54) is 0 Å². The van der Waals surface area contributed by atoms with Gasteiger partial charge in [-0.2, -0.15) is 0 Å². The van der Waals surface area contributed by atoms with Gasteiger partial charge in [0.25, 0.3) is 0 Å². The van der Waals surface area contributed by atoms with Crippen LogP contribution in [0.5, 0.6) is 0 Å². The predicted octanol–water partition coefficient (Wildman–Crippen LogP) is 1.75. The Hall–Kier alpha value is -2.37. The van der Waals surface area contributed by atoms with Gasteiger partial charge in [0.2, 0.25) is 11.9 Å². The van der Waals surface area contributed by atoms with Gasteiger partial charge in [0, 0.05) is 18.5 Å². The van der Waals surface area contributed by atoms with Crippen molar-refractivity contribution >= 4 is 11.9 Å². The average molecular weight is 299 g/mol. The molecule has 0 radical (unpaired) electrons. The Bertz CT molecular complexity index is 639. The topological polar surface area (TPSA) is 77.0 Å². The number of para-hydroxylation sites is 1. The Balaban J connectivity index is 1.89. The van der Waals surface area contributed by atoms with E-state index in [4.69, 9.17) is 5.73 Å². The maximum Gasteiger partial charge on any atom is 0.231 e. The Labute approximate surface area is 129 Å². The van der Waals surface area contributed by atoms with E-state index in [9.17, 15) is 4.79 Å². The monoisotopic (exact) mass is 299 g/mol. The van der Waals surface area contributed by atoms with Crippen LogP contribution >= 0.6 is 0 Å². The molecular weight excluding hydrogens is 278 g/mol. The molecule has 0 saturated carbocycles. The smallest absolute Gasteiger partial charge is 0.231 e. The molecule has 2 N–H and O–H groups in total. The van der Waals surface area contributed by atoms with Crippen LogP contribution < -0.4 is 10.6 Å². The number of nitrogens with zero attached hydrogens (tertiary/aromatic N) is 4. The third kappa shape index (κ3) is 2.68. The molecule has 2 heterocycles. The molecule has 2 unspecified atom stereocenters. The first-order valence-corrected chi connectivity index (χ1v) is 7.72. The van der Waals surface area contributed by atoms with Crippen LogP contribution in [0.1, 0.15) is 26.2 Å². The Morgan fingerprint density at radius 2 is 2.14 bits per heavy atom. The molecule has 1 aliphatic heterocycles. The van der Waals surface area contributed by atoms with Gasteiger partial charge in [0.05, 0.1) is 5.69 Å². The molecule has 0 spiro atoms. The summed E-state index contributed by atoms with van der Waals surface area (Å²) in [5.74, 6) is 0.609. The fourth-order valence-electron chi connectivity index (χ4n) is 3.16. The van der Waals surface area contributed by atoms with Crippen LogP contribution in [0.4, 0.5) is 5.95 Å². The van der Waals surface area contributed by atoms with Crippen molar-refractivity contribution in [2.45, 2.75) is 32.2 Å². The summed E-state index contributed by atoms with van der Waals surface area (Å²) in [5, 5.41) is 8.38. The molecule has 1 aromatic carbocycles. The van der Waals surface area contributed by atoms with E-state index in [0.29, 0.717) is 0 Å². The molecule has 1 fully saturated rings. The summed E-state index contributed by atoms with van der Waals surface area (Å²) in [7, 11) is 0. The summed E-state index contributed by atoms with van der Waals surface area (Å²) < 4.78 is 1.99. The highest BCUT2D eigenvalue weighted by Crippen LogP contribution is 2.29. The van der Waals surface area contributed by atoms with Crippen LogP contribution in [0.15, 0.2) is 36.7 Å². The number of anilines is 1. The molecular formula is C16H21N5O. The van der Waals surface area contributed by atoms with Crippen LogP contribution in [-0.2, 0) is 4.79 Å². The van der Waals surface area contributed by atoms with Gasteiger partial charge in [-0.25, -0.2) is 0 Å². The quantitative estimate of drug-likeness (QED) is 0.933. The summed E-state index contributed by atoms with van der Waals surface area (Å²) in [6, 6.07) is 10.3. The molecule has 0 aliphatic carbocycles. The number of hydrogen-bond donors (Lipinski definition) is 1. The van der Waals surface area contributed by atoms with E-state index in [1.54, 1.807) is 6.33 Å². The van der Waals surface area contributed by atoms with E-state index < -0.39 is 0 Å². The first-order valence-electron chi connectivity index (χ1n) is 7.72. The number of aromatic nitrogens is 3. The van der Waals surface area contributed by atoms with Crippen molar-refractivity contribution in [2.75, 3.05) is 11.4 Å². The molecule has 116 valence electrons. The van der Waals surface area contributed by atoms with E-state index in [0.717, 1.165) is 37.4 Å². The molecule has 1 aliphatic rings. The molecule has 6 heteroatoms. The summed E-state index contributed by atoms with van der Waals surface area (Å²) in [4.78, 5) is 13.7. The van der Waals surface area contributed by atoms with E-state index >= 15 is 0 Å². The zero-order chi connectivity index (χ0) is 15.5. The minimum atomic E-state index is -0.192. The third-order valence-electron chi connectivity index (χ3n) is 4.41. The molecule has 2 aromatic rings. The highest BCUT2D eigenvalue weighted by Gasteiger charge is 2.32. The van der Waals surface area contributed by atoms with Crippen molar-refractivity contribution in [3.05, 3.63) is 36.7 Å². The number of carbonyl (C=O) groups is 1. The van der Waals surface area contributed by atoms with Gasteiger partial charge in [-0.1, -0.05) is 25.1 Å².